The number of aryl methyl sites for hydroxylation is 3. The SMILES string of the molecule is CC1=C(c2nc(-c3cccc(C)c3)no2)C(c2ccc(C)c(C)c2)NC(=O)N1Cc1cccs1. The van der Waals surface area contributed by atoms with Gasteiger partial charge in [0.2, 0.25) is 5.82 Å². The van der Waals surface area contributed by atoms with Gasteiger partial charge < -0.3 is 9.84 Å². The second-order valence-electron chi connectivity index (χ2n) is 8.68. The highest BCUT2D eigenvalue weighted by atomic mass is 32.1. The lowest BCUT2D eigenvalue weighted by Gasteiger charge is -2.35. The lowest BCUT2D eigenvalue weighted by molar-refractivity contribution is 0.203. The molecule has 0 bridgehead atoms. The Kier molecular flexibility index (Phi) is 5.79. The highest BCUT2D eigenvalue weighted by Crippen LogP contribution is 2.38. The summed E-state index contributed by atoms with van der Waals surface area (Å²) in [6.07, 6.45) is 0. The zero-order chi connectivity index (χ0) is 23.8. The van der Waals surface area contributed by atoms with E-state index in [-0.39, 0.29) is 6.03 Å². The molecule has 1 N–H and O–H groups in total. The lowest BCUT2D eigenvalue weighted by atomic mass is 9.92. The minimum absolute atomic E-state index is 0.142. The van der Waals surface area contributed by atoms with Gasteiger partial charge in [0.1, 0.15) is 0 Å². The van der Waals surface area contributed by atoms with Crippen LogP contribution in [-0.2, 0) is 6.54 Å². The van der Waals surface area contributed by atoms with Crippen LogP contribution in [0.15, 0.2) is 70.2 Å². The number of hydrogen-bond donors (Lipinski definition) is 1. The van der Waals surface area contributed by atoms with E-state index in [0.717, 1.165) is 38.4 Å². The second kappa shape index (κ2) is 8.91. The number of allylic oxidation sites excluding steroid dienone is 1. The van der Waals surface area contributed by atoms with Crippen LogP contribution in [0.5, 0.6) is 0 Å². The predicted octanol–water partition coefficient (Wildman–Crippen LogP) is 6.42. The summed E-state index contributed by atoms with van der Waals surface area (Å²) in [6.45, 7) is 8.62. The van der Waals surface area contributed by atoms with Gasteiger partial charge in [-0.25, -0.2) is 4.79 Å². The van der Waals surface area contributed by atoms with Gasteiger partial charge in [-0.15, -0.1) is 11.3 Å². The molecule has 1 aliphatic rings. The molecule has 2 aromatic heterocycles. The zero-order valence-corrected chi connectivity index (χ0v) is 20.4. The van der Waals surface area contributed by atoms with Crippen LogP contribution in [0.3, 0.4) is 0 Å². The van der Waals surface area contributed by atoms with Gasteiger partial charge in [0, 0.05) is 16.1 Å². The van der Waals surface area contributed by atoms with Gasteiger partial charge >= 0.3 is 6.03 Å². The van der Waals surface area contributed by atoms with Gasteiger partial charge in [0.15, 0.2) is 0 Å². The minimum atomic E-state index is -0.391. The van der Waals surface area contributed by atoms with E-state index in [1.54, 1.807) is 16.2 Å². The standard InChI is InChI=1S/C27H26N4O2S/c1-16-7-5-8-21(13-16)25-29-26(33-30-25)23-19(4)31(15-22-9-6-12-34-22)27(32)28-24(23)20-11-10-17(2)18(3)14-20/h5-14,24H,15H2,1-4H3,(H,28,32). The third kappa shape index (κ3) is 4.15. The predicted molar refractivity (Wildman–Crippen MR) is 134 cm³/mol. The summed E-state index contributed by atoms with van der Waals surface area (Å²) in [4.78, 5) is 20.8. The highest BCUT2D eigenvalue weighted by molar-refractivity contribution is 7.09. The Morgan fingerprint density at radius 1 is 1.03 bits per heavy atom. The molecule has 1 aliphatic heterocycles. The van der Waals surface area contributed by atoms with E-state index in [0.29, 0.717) is 18.3 Å². The first-order valence-electron chi connectivity index (χ1n) is 11.2. The van der Waals surface area contributed by atoms with E-state index in [4.69, 9.17) is 9.51 Å². The fourth-order valence-corrected chi connectivity index (χ4v) is 4.93. The van der Waals surface area contributed by atoms with Crippen LogP contribution in [0.25, 0.3) is 17.0 Å². The molecule has 7 heteroatoms. The number of carbonyl (C=O) groups excluding carboxylic acids is 1. The van der Waals surface area contributed by atoms with Crippen molar-refractivity contribution in [2.24, 2.45) is 0 Å². The summed E-state index contributed by atoms with van der Waals surface area (Å²) in [6, 6.07) is 17.7. The molecule has 2 amide bonds. The largest absolute Gasteiger partial charge is 0.334 e. The quantitative estimate of drug-likeness (QED) is 0.365. The number of carbonyl (C=O) groups is 1. The summed E-state index contributed by atoms with van der Waals surface area (Å²) in [5.41, 5.74) is 6.98. The number of hydrogen-bond acceptors (Lipinski definition) is 5. The van der Waals surface area contributed by atoms with E-state index >= 15 is 0 Å². The van der Waals surface area contributed by atoms with Gasteiger partial charge in [0.05, 0.1) is 18.2 Å². The maximum atomic E-state index is 13.2. The smallest absolute Gasteiger partial charge is 0.322 e. The number of thiophene rings is 1. The van der Waals surface area contributed by atoms with Crippen molar-refractivity contribution in [2.75, 3.05) is 0 Å². The van der Waals surface area contributed by atoms with E-state index in [9.17, 15) is 4.79 Å². The Morgan fingerprint density at radius 3 is 2.62 bits per heavy atom. The molecule has 5 rings (SSSR count). The summed E-state index contributed by atoms with van der Waals surface area (Å²) < 4.78 is 5.80. The molecule has 6 nitrogen and oxygen atoms in total. The van der Waals surface area contributed by atoms with Gasteiger partial charge in [-0.3, -0.25) is 4.90 Å². The maximum absolute atomic E-state index is 13.2. The Hall–Kier alpha value is -3.71. The molecule has 0 fully saturated rings. The molecule has 0 saturated heterocycles. The van der Waals surface area contributed by atoms with Crippen molar-refractivity contribution >= 4 is 22.9 Å². The van der Waals surface area contributed by atoms with Crippen molar-refractivity contribution in [3.05, 3.63) is 98.7 Å². The molecule has 0 radical (unpaired) electrons. The number of nitrogens with zero attached hydrogens (tertiary/aromatic N) is 3. The first kappa shape index (κ1) is 22.1. The fourth-order valence-electron chi connectivity index (χ4n) is 4.24. The highest BCUT2D eigenvalue weighted by Gasteiger charge is 2.36. The molecule has 0 aliphatic carbocycles. The molecule has 1 unspecified atom stereocenters. The topological polar surface area (TPSA) is 71.3 Å². The molecule has 172 valence electrons. The molecule has 0 saturated carbocycles. The number of aromatic nitrogens is 2. The van der Waals surface area contributed by atoms with Gasteiger partial charge in [-0.05, 0) is 61.9 Å². The van der Waals surface area contributed by atoms with Gasteiger partial charge in [-0.1, -0.05) is 53.2 Å². The molecular formula is C27H26N4O2S. The number of urea groups is 1. The summed E-state index contributed by atoms with van der Waals surface area (Å²) in [7, 11) is 0. The Labute approximate surface area is 202 Å². The van der Waals surface area contributed by atoms with Crippen molar-refractivity contribution < 1.29 is 9.32 Å². The number of amides is 2. The van der Waals surface area contributed by atoms with Crippen LogP contribution < -0.4 is 5.32 Å². The van der Waals surface area contributed by atoms with E-state index in [1.807, 2.05) is 61.7 Å². The van der Waals surface area contributed by atoms with Crippen LogP contribution in [-0.4, -0.2) is 21.1 Å². The van der Waals surface area contributed by atoms with E-state index in [2.05, 4.69) is 36.5 Å². The molecule has 0 spiro atoms. The normalized spacial score (nSPS) is 16.2. The molecular weight excluding hydrogens is 444 g/mol. The summed E-state index contributed by atoms with van der Waals surface area (Å²) in [5, 5.41) is 9.47. The second-order valence-corrected chi connectivity index (χ2v) is 9.72. The number of rotatable bonds is 5. The Morgan fingerprint density at radius 2 is 1.88 bits per heavy atom. The summed E-state index contributed by atoms with van der Waals surface area (Å²) in [5.74, 6) is 0.938. The Bertz CT molecular complexity index is 1390. The van der Waals surface area contributed by atoms with Crippen LogP contribution in [0.2, 0.25) is 0 Å². The molecule has 34 heavy (non-hydrogen) atoms. The maximum Gasteiger partial charge on any atom is 0.322 e. The molecule has 1 atom stereocenters. The van der Waals surface area contributed by atoms with Crippen molar-refractivity contribution in [1.29, 1.82) is 0 Å². The molecule has 2 aromatic carbocycles. The zero-order valence-electron chi connectivity index (χ0n) is 19.6. The lowest BCUT2D eigenvalue weighted by Crippen LogP contribution is -2.45. The van der Waals surface area contributed by atoms with Crippen molar-refractivity contribution in [3.8, 4) is 11.4 Å². The Balaban J connectivity index is 1.62. The molecule has 4 aromatic rings. The van der Waals surface area contributed by atoms with Crippen molar-refractivity contribution in [2.45, 2.75) is 40.3 Å². The van der Waals surface area contributed by atoms with Crippen LogP contribution >= 0.6 is 11.3 Å². The van der Waals surface area contributed by atoms with Gasteiger partial charge in [0.25, 0.3) is 5.89 Å². The van der Waals surface area contributed by atoms with Crippen molar-refractivity contribution in [3.63, 3.8) is 0 Å². The van der Waals surface area contributed by atoms with Crippen LogP contribution in [0.4, 0.5) is 4.79 Å². The first-order chi connectivity index (χ1) is 16.4. The van der Waals surface area contributed by atoms with Crippen LogP contribution in [0, 0.1) is 20.8 Å². The third-order valence-corrected chi connectivity index (χ3v) is 7.15. The number of nitrogens with one attached hydrogen (secondary N) is 1. The van der Waals surface area contributed by atoms with Crippen LogP contribution in [0.1, 0.15) is 46.0 Å². The molecule has 3 heterocycles. The average molecular weight is 471 g/mol. The van der Waals surface area contributed by atoms with E-state index in [1.165, 1.54) is 5.56 Å². The number of benzene rings is 2. The minimum Gasteiger partial charge on any atom is -0.334 e. The monoisotopic (exact) mass is 470 g/mol. The average Bonchev–Trinajstić information content (AvgIpc) is 3.50. The third-order valence-electron chi connectivity index (χ3n) is 6.29. The fraction of sp³-hybridized carbons (Fsp3) is 0.222. The van der Waals surface area contributed by atoms with E-state index < -0.39 is 6.04 Å². The van der Waals surface area contributed by atoms with Gasteiger partial charge in [-0.2, -0.15) is 4.98 Å². The van der Waals surface area contributed by atoms with Crippen molar-refractivity contribution in [1.82, 2.24) is 20.4 Å². The summed E-state index contributed by atoms with van der Waals surface area (Å²) >= 11 is 1.63. The first-order valence-corrected chi connectivity index (χ1v) is 12.1.